The van der Waals surface area contributed by atoms with Crippen molar-refractivity contribution in [3.8, 4) is 5.82 Å². The van der Waals surface area contributed by atoms with E-state index in [0.717, 1.165) is 10.0 Å². The average molecular weight is 371 g/mol. The summed E-state index contributed by atoms with van der Waals surface area (Å²) in [5.74, 6) is 0.676. The van der Waals surface area contributed by atoms with Gasteiger partial charge in [-0.25, -0.2) is 9.67 Å². The van der Waals surface area contributed by atoms with Crippen molar-refractivity contribution in [3.63, 3.8) is 0 Å². The molecule has 2 heterocycles. The van der Waals surface area contributed by atoms with Crippen molar-refractivity contribution in [1.82, 2.24) is 14.8 Å². The Morgan fingerprint density at radius 2 is 2.04 bits per heavy atom. The van der Waals surface area contributed by atoms with Gasteiger partial charge in [0.1, 0.15) is 0 Å². The molecule has 3 rings (SSSR count). The van der Waals surface area contributed by atoms with Gasteiger partial charge in [0.05, 0.1) is 11.9 Å². The summed E-state index contributed by atoms with van der Waals surface area (Å²) < 4.78 is 2.69. The first-order valence-corrected chi connectivity index (χ1v) is 8.01. The molecule has 0 aliphatic heterocycles. The molecule has 116 valence electrons. The van der Waals surface area contributed by atoms with Gasteiger partial charge in [0.15, 0.2) is 5.82 Å². The van der Waals surface area contributed by atoms with Gasteiger partial charge < -0.3 is 5.32 Å². The van der Waals surface area contributed by atoms with Crippen LogP contribution in [0, 0.1) is 0 Å². The normalized spacial score (nSPS) is 10.5. The van der Waals surface area contributed by atoms with E-state index in [2.05, 4.69) is 31.3 Å². The number of hydrogen-bond donors (Lipinski definition) is 1. The molecule has 0 saturated heterocycles. The van der Waals surface area contributed by atoms with Crippen molar-refractivity contribution < 1.29 is 4.79 Å². The van der Waals surface area contributed by atoms with Crippen molar-refractivity contribution in [3.05, 3.63) is 71.1 Å². The van der Waals surface area contributed by atoms with Crippen LogP contribution in [-0.4, -0.2) is 20.7 Å². The highest BCUT2D eigenvalue weighted by Gasteiger charge is 2.06. The second-order valence-electron chi connectivity index (χ2n) is 5.00. The molecule has 0 aliphatic carbocycles. The molecule has 0 atom stereocenters. The first-order chi connectivity index (χ1) is 11.2. The molecule has 1 amide bonds. The lowest BCUT2D eigenvalue weighted by Gasteiger charge is -2.07. The number of rotatable bonds is 5. The van der Waals surface area contributed by atoms with Gasteiger partial charge in [-0.3, -0.25) is 4.79 Å². The molecule has 6 heteroatoms. The highest BCUT2D eigenvalue weighted by molar-refractivity contribution is 9.10. The van der Waals surface area contributed by atoms with Crippen molar-refractivity contribution >= 4 is 27.5 Å². The van der Waals surface area contributed by atoms with E-state index < -0.39 is 0 Å². The van der Waals surface area contributed by atoms with Crippen molar-refractivity contribution in [2.45, 2.75) is 12.8 Å². The summed E-state index contributed by atoms with van der Waals surface area (Å²) in [7, 11) is 0. The van der Waals surface area contributed by atoms with Gasteiger partial charge in [0.2, 0.25) is 5.91 Å². The molecule has 0 spiro atoms. The van der Waals surface area contributed by atoms with E-state index in [-0.39, 0.29) is 5.91 Å². The summed E-state index contributed by atoms with van der Waals surface area (Å²) in [6.07, 6.45) is 6.25. The number of carbonyl (C=O) groups excluding carboxylic acids is 1. The van der Waals surface area contributed by atoms with E-state index in [4.69, 9.17) is 0 Å². The molecular weight excluding hydrogens is 356 g/mol. The molecule has 0 saturated carbocycles. The number of pyridine rings is 1. The van der Waals surface area contributed by atoms with Crippen LogP contribution in [0.25, 0.3) is 5.82 Å². The highest BCUT2D eigenvalue weighted by atomic mass is 79.9. The zero-order chi connectivity index (χ0) is 16.1. The molecule has 0 fully saturated rings. The third kappa shape index (κ3) is 4.04. The van der Waals surface area contributed by atoms with E-state index in [1.165, 1.54) is 0 Å². The van der Waals surface area contributed by atoms with Crippen molar-refractivity contribution in [2.24, 2.45) is 0 Å². The van der Waals surface area contributed by atoms with Gasteiger partial charge >= 0.3 is 0 Å². The zero-order valence-electron chi connectivity index (χ0n) is 12.3. The number of aryl methyl sites for hydroxylation is 1. The van der Waals surface area contributed by atoms with Gasteiger partial charge in [0, 0.05) is 23.3 Å². The summed E-state index contributed by atoms with van der Waals surface area (Å²) in [6.45, 7) is 0. The fourth-order valence-electron chi connectivity index (χ4n) is 2.17. The fourth-order valence-corrected chi connectivity index (χ4v) is 2.66. The van der Waals surface area contributed by atoms with Crippen LogP contribution in [0.4, 0.5) is 5.69 Å². The van der Waals surface area contributed by atoms with E-state index >= 15 is 0 Å². The molecule has 23 heavy (non-hydrogen) atoms. The summed E-state index contributed by atoms with van der Waals surface area (Å²) in [5.41, 5.74) is 1.80. The Morgan fingerprint density at radius 1 is 1.17 bits per heavy atom. The van der Waals surface area contributed by atoms with E-state index in [9.17, 15) is 4.79 Å². The van der Waals surface area contributed by atoms with Crippen LogP contribution in [0.15, 0.2) is 65.5 Å². The van der Waals surface area contributed by atoms with Gasteiger partial charge in [-0.2, -0.15) is 5.10 Å². The second-order valence-corrected chi connectivity index (χ2v) is 5.85. The minimum absolute atomic E-state index is 0.0330. The van der Waals surface area contributed by atoms with Gasteiger partial charge in [-0.15, -0.1) is 0 Å². The van der Waals surface area contributed by atoms with Gasteiger partial charge in [-0.05, 0) is 36.2 Å². The third-order valence-electron chi connectivity index (χ3n) is 3.35. The van der Waals surface area contributed by atoms with Crippen molar-refractivity contribution in [2.75, 3.05) is 5.32 Å². The molecule has 2 aromatic heterocycles. The number of aromatic nitrogens is 3. The van der Waals surface area contributed by atoms with Crippen LogP contribution in [0.3, 0.4) is 0 Å². The SMILES string of the molecule is O=C(CCc1ccccc1Br)Nc1ccc(-n2cccn2)nc1. The standard InChI is InChI=1S/C17H15BrN4O/c18-15-5-2-1-4-13(15)6-9-17(23)21-14-7-8-16(19-12-14)22-11-3-10-20-22/h1-5,7-8,10-12H,6,9H2,(H,21,23). The minimum Gasteiger partial charge on any atom is -0.325 e. The van der Waals surface area contributed by atoms with Crippen LogP contribution in [0.1, 0.15) is 12.0 Å². The molecule has 5 nitrogen and oxygen atoms in total. The highest BCUT2D eigenvalue weighted by Crippen LogP contribution is 2.17. The van der Waals surface area contributed by atoms with E-state index in [0.29, 0.717) is 24.3 Å². The smallest absolute Gasteiger partial charge is 0.224 e. The number of halogens is 1. The lowest BCUT2D eigenvalue weighted by Crippen LogP contribution is -2.13. The molecule has 1 aromatic carbocycles. The number of benzene rings is 1. The lowest BCUT2D eigenvalue weighted by molar-refractivity contribution is -0.116. The third-order valence-corrected chi connectivity index (χ3v) is 4.12. The van der Waals surface area contributed by atoms with Crippen LogP contribution < -0.4 is 5.32 Å². The Balaban J connectivity index is 1.57. The molecule has 0 bridgehead atoms. The maximum absolute atomic E-state index is 12.0. The number of carbonyl (C=O) groups is 1. The number of nitrogens with zero attached hydrogens (tertiary/aromatic N) is 3. The molecular formula is C17H15BrN4O. The zero-order valence-corrected chi connectivity index (χ0v) is 13.9. The Hall–Kier alpha value is -2.47. The number of nitrogens with one attached hydrogen (secondary N) is 1. The number of anilines is 1. The summed E-state index contributed by atoms with van der Waals surface area (Å²) in [5, 5.41) is 6.97. The monoisotopic (exact) mass is 370 g/mol. The first kappa shape index (κ1) is 15.4. The average Bonchev–Trinajstić information content (AvgIpc) is 3.09. The largest absolute Gasteiger partial charge is 0.325 e. The lowest BCUT2D eigenvalue weighted by atomic mass is 10.1. The molecule has 1 N–H and O–H groups in total. The molecule has 0 unspecified atom stereocenters. The summed E-state index contributed by atoms with van der Waals surface area (Å²) in [6, 6.07) is 13.4. The maximum atomic E-state index is 12.0. The summed E-state index contributed by atoms with van der Waals surface area (Å²) >= 11 is 3.49. The van der Waals surface area contributed by atoms with E-state index in [1.807, 2.05) is 48.7 Å². The topological polar surface area (TPSA) is 59.8 Å². The first-order valence-electron chi connectivity index (χ1n) is 7.22. The predicted octanol–water partition coefficient (Wildman–Crippen LogP) is 3.60. The molecule has 0 radical (unpaired) electrons. The Labute approximate surface area is 142 Å². The van der Waals surface area contributed by atoms with Crippen LogP contribution >= 0.6 is 15.9 Å². The molecule has 3 aromatic rings. The van der Waals surface area contributed by atoms with Crippen LogP contribution in [-0.2, 0) is 11.2 Å². The van der Waals surface area contributed by atoms with Gasteiger partial charge in [-0.1, -0.05) is 34.1 Å². The second kappa shape index (κ2) is 7.19. The molecule has 0 aliphatic rings. The number of amides is 1. The predicted molar refractivity (Wildman–Crippen MR) is 92.5 cm³/mol. The Bertz CT molecular complexity index is 785. The quantitative estimate of drug-likeness (QED) is 0.746. The Kier molecular flexibility index (Phi) is 4.83. The minimum atomic E-state index is -0.0330. The van der Waals surface area contributed by atoms with Gasteiger partial charge in [0.25, 0.3) is 0 Å². The maximum Gasteiger partial charge on any atom is 0.224 e. The Morgan fingerprint density at radius 3 is 2.74 bits per heavy atom. The fraction of sp³-hybridized carbons (Fsp3) is 0.118. The summed E-state index contributed by atoms with van der Waals surface area (Å²) in [4.78, 5) is 16.3. The van der Waals surface area contributed by atoms with Crippen LogP contribution in [0.2, 0.25) is 0 Å². The number of hydrogen-bond acceptors (Lipinski definition) is 3. The van der Waals surface area contributed by atoms with Crippen molar-refractivity contribution in [1.29, 1.82) is 0 Å². The van der Waals surface area contributed by atoms with E-state index in [1.54, 1.807) is 17.1 Å². The van der Waals surface area contributed by atoms with Crippen LogP contribution in [0.5, 0.6) is 0 Å².